The largest absolute Gasteiger partial charge is 0.383 e. The van der Waals surface area contributed by atoms with Crippen LogP contribution in [0.1, 0.15) is 12.0 Å². The molecule has 0 saturated carbocycles. The molecule has 3 aromatic carbocycles. The number of urea groups is 1. The fourth-order valence-electron chi connectivity index (χ4n) is 4.60. The molecule has 5 rings (SSSR count). The lowest BCUT2D eigenvalue weighted by Gasteiger charge is -2.11. The van der Waals surface area contributed by atoms with Gasteiger partial charge in [0.15, 0.2) is 0 Å². The summed E-state index contributed by atoms with van der Waals surface area (Å²) >= 11 is 1.59. The van der Waals surface area contributed by atoms with Crippen LogP contribution in [0.25, 0.3) is 32.3 Å². The van der Waals surface area contributed by atoms with Crippen molar-refractivity contribution in [3.05, 3.63) is 89.9 Å². The standard InChI is InChI=1S/C32H33N7O2S/c1-39(2)14-13-28(40)36-25-8-4-6-22(16-25)26-18-35-31(34)29-27(19-42-30(26)29)21-9-11-23(12-10-21)37-32(41)38-24-7-3-5-20(15-24)17-33/h3-12,15-16,18-19H,13-14,17,33H2,1-2H3,(H2,34,35)(H,36,40)(H2,37,38,41). The van der Waals surface area contributed by atoms with Gasteiger partial charge < -0.3 is 32.3 Å². The molecule has 10 heteroatoms. The Morgan fingerprint density at radius 3 is 2.31 bits per heavy atom. The quantitative estimate of drug-likeness (QED) is 0.141. The van der Waals surface area contributed by atoms with E-state index in [1.54, 1.807) is 17.5 Å². The summed E-state index contributed by atoms with van der Waals surface area (Å²) in [7, 11) is 3.88. The highest BCUT2D eigenvalue weighted by molar-refractivity contribution is 7.18. The lowest BCUT2D eigenvalue weighted by molar-refractivity contribution is -0.116. The molecular weight excluding hydrogens is 546 g/mol. The molecule has 0 saturated heterocycles. The third kappa shape index (κ3) is 6.74. The van der Waals surface area contributed by atoms with Gasteiger partial charge >= 0.3 is 6.03 Å². The number of carbonyl (C=O) groups is 2. The van der Waals surface area contributed by atoms with Crippen molar-refractivity contribution >= 4 is 56.2 Å². The average molecular weight is 580 g/mol. The predicted octanol–water partition coefficient (Wildman–Crippen LogP) is 6.21. The molecule has 0 unspecified atom stereocenters. The number of aromatic nitrogens is 1. The Labute approximate surface area is 248 Å². The van der Waals surface area contributed by atoms with Crippen molar-refractivity contribution in [2.75, 3.05) is 42.3 Å². The lowest BCUT2D eigenvalue weighted by atomic mass is 10.0. The van der Waals surface area contributed by atoms with Gasteiger partial charge in [0, 0.05) is 64.0 Å². The fourth-order valence-corrected chi connectivity index (χ4v) is 5.72. The highest BCUT2D eigenvalue weighted by Crippen LogP contribution is 2.42. The number of pyridine rings is 1. The van der Waals surface area contributed by atoms with Gasteiger partial charge in [-0.05, 0) is 72.6 Å². The van der Waals surface area contributed by atoms with E-state index in [4.69, 9.17) is 11.5 Å². The molecule has 0 atom stereocenters. The molecule has 0 spiro atoms. The van der Waals surface area contributed by atoms with Gasteiger partial charge in [-0.1, -0.05) is 36.4 Å². The van der Waals surface area contributed by atoms with Crippen molar-refractivity contribution in [2.24, 2.45) is 5.73 Å². The zero-order valence-corrected chi connectivity index (χ0v) is 24.3. The number of hydrogen-bond donors (Lipinski definition) is 5. The van der Waals surface area contributed by atoms with E-state index in [-0.39, 0.29) is 11.9 Å². The third-order valence-electron chi connectivity index (χ3n) is 6.74. The summed E-state index contributed by atoms with van der Waals surface area (Å²) in [5.41, 5.74) is 18.9. The zero-order valence-electron chi connectivity index (χ0n) is 23.5. The molecule has 0 aliphatic rings. The van der Waals surface area contributed by atoms with Crippen molar-refractivity contribution in [3.8, 4) is 22.3 Å². The van der Waals surface area contributed by atoms with Gasteiger partial charge in [-0.15, -0.1) is 11.3 Å². The molecule has 0 aliphatic carbocycles. The van der Waals surface area contributed by atoms with Crippen LogP contribution in [0, 0.1) is 0 Å². The topological polar surface area (TPSA) is 138 Å². The molecule has 42 heavy (non-hydrogen) atoms. The number of anilines is 4. The van der Waals surface area contributed by atoms with E-state index in [0.717, 1.165) is 43.6 Å². The van der Waals surface area contributed by atoms with Gasteiger partial charge in [0.25, 0.3) is 0 Å². The Morgan fingerprint density at radius 2 is 1.57 bits per heavy atom. The predicted molar refractivity (Wildman–Crippen MR) is 174 cm³/mol. The number of thiophene rings is 1. The van der Waals surface area contributed by atoms with Crippen molar-refractivity contribution in [1.29, 1.82) is 0 Å². The summed E-state index contributed by atoms with van der Waals surface area (Å²) < 4.78 is 1.01. The number of carbonyl (C=O) groups excluding carboxylic acids is 2. The smallest absolute Gasteiger partial charge is 0.323 e. The normalized spacial score (nSPS) is 11.0. The lowest BCUT2D eigenvalue weighted by Crippen LogP contribution is -2.20. The number of rotatable bonds is 9. The van der Waals surface area contributed by atoms with E-state index >= 15 is 0 Å². The maximum Gasteiger partial charge on any atom is 0.323 e. The third-order valence-corrected chi connectivity index (χ3v) is 7.76. The second kappa shape index (κ2) is 12.8. The molecule has 0 fully saturated rings. The van der Waals surface area contributed by atoms with Gasteiger partial charge in [-0.3, -0.25) is 4.79 Å². The summed E-state index contributed by atoms with van der Waals surface area (Å²) in [6, 6.07) is 22.4. The van der Waals surface area contributed by atoms with Gasteiger partial charge in [0.05, 0.1) is 0 Å². The van der Waals surface area contributed by atoms with Crippen LogP contribution < -0.4 is 27.4 Å². The zero-order chi connectivity index (χ0) is 29.6. The minimum absolute atomic E-state index is 0.0314. The molecule has 214 valence electrons. The van der Waals surface area contributed by atoms with Crippen LogP contribution in [0.15, 0.2) is 84.4 Å². The molecule has 2 heterocycles. The average Bonchev–Trinajstić information content (AvgIpc) is 3.43. The van der Waals surface area contributed by atoms with Gasteiger partial charge in [0.2, 0.25) is 5.91 Å². The first kappa shape index (κ1) is 28.7. The minimum Gasteiger partial charge on any atom is -0.383 e. The van der Waals surface area contributed by atoms with Crippen LogP contribution in [0.3, 0.4) is 0 Å². The number of nitrogens with two attached hydrogens (primary N) is 2. The van der Waals surface area contributed by atoms with E-state index in [1.807, 2.05) is 91.8 Å². The van der Waals surface area contributed by atoms with Gasteiger partial charge in [-0.2, -0.15) is 0 Å². The Bertz CT molecular complexity index is 1730. The number of hydrogen-bond acceptors (Lipinski definition) is 7. The first-order valence-electron chi connectivity index (χ1n) is 13.5. The first-order chi connectivity index (χ1) is 20.3. The number of benzene rings is 3. The highest BCUT2D eigenvalue weighted by Gasteiger charge is 2.16. The molecule has 2 aromatic heterocycles. The van der Waals surface area contributed by atoms with E-state index in [0.29, 0.717) is 36.7 Å². The van der Waals surface area contributed by atoms with Crippen molar-refractivity contribution in [1.82, 2.24) is 9.88 Å². The van der Waals surface area contributed by atoms with E-state index in [9.17, 15) is 9.59 Å². The number of amides is 3. The molecule has 9 nitrogen and oxygen atoms in total. The molecule has 3 amide bonds. The highest BCUT2D eigenvalue weighted by atomic mass is 32.1. The van der Waals surface area contributed by atoms with Crippen LogP contribution in [-0.2, 0) is 11.3 Å². The Kier molecular flexibility index (Phi) is 8.77. The number of nitrogen functional groups attached to an aromatic ring is 1. The molecule has 0 bridgehead atoms. The fraction of sp³-hybridized carbons (Fsp3) is 0.156. The van der Waals surface area contributed by atoms with Gasteiger partial charge in [-0.25, -0.2) is 9.78 Å². The summed E-state index contributed by atoms with van der Waals surface area (Å²) in [4.78, 5) is 31.4. The molecule has 5 aromatic rings. The van der Waals surface area contributed by atoms with E-state index < -0.39 is 0 Å². The van der Waals surface area contributed by atoms with Crippen LogP contribution in [0.2, 0.25) is 0 Å². The maximum atomic E-state index is 12.5. The minimum atomic E-state index is -0.341. The molecular formula is C32H33N7O2S. The molecule has 0 radical (unpaired) electrons. The monoisotopic (exact) mass is 579 g/mol. The number of nitrogens with one attached hydrogen (secondary N) is 3. The van der Waals surface area contributed by atoms with Crippen LogP contribution >= 0.6 is 11.3 Å². The maximum absolute atomic E-state index is 12.5. The van der Waals surface area contributed by atoms with Gasteiger partial charge in [0.1, 0.15) is 5.82 Å². The van der Waals surface area contributed by atoms with E-state index in [1.165, 1.54) is 0 Å². The Balaban J connectivity index is 1.35. The second-order valence-corrected chi connectivity index (χ2v) is 11.0. The van der Waals surface area contributed by atoms with E-state index in [2.05, 4.69) is 26.3 Å². The van der Waals surface area contributed by atoms with Crippen LogP contribution in [0.5, 0.6) is 0 Å². The summed E-state index contributed by atoms with van der Waals surface area (Å²) in [5.74, 6) is 0.412. The second-order valence-electron chi connectivity index (χ2n) is 10.2. The van der Waals surface area contributed by atoms with Crippen molar-refractivity contribution in [2.45, 2.75) is 13.0 Å². The van der Waals surface area contributed by atoms with Crippen LogP contribution in [-0.4, -0.2) is 42.5 Å². The Hall–Kier alpha value is -4.77. The number of fused-ring (bicyclic) bond motifs is 1. The van der Waals surface area contributed by atoms with Crippen molar-refractivity contribution in [3.63, 3.8) is 0 Å². The number of nitrogens with zero attached hydrogens (tertiary/aromatic N) is 2. The molecule has 0 aliphatic heterocycles. The SMILES string of the molecule is CN(C)CCC(=O)Nc1cccc(-c2cnc(N)c3c(-c4ccc(NC(=O)Nc5cccc(CN)c5)cc4)csc23)c1. The Morgan fingerprint density at radius 1 is 0.857 bits per heavy atom. The van der Waals surface area contributed by atoms with Crippen molar-refractivity contribution < 1.29 is 9.59 Å². The summed E-state index contributed by atoms with van der Waals surface area (Å²) in [6.45, 7) is 1.08. The first-order valence-corrected chi connectivity index (χ1v) is 14.4. The summed E-state index contributed by atoms with van der Waals surface area (Å²) in [5, 5.41) is 11.6. The van der Waals surface area contributed by atoms with Crippen LogP contribution in [0.4, 0.5) is 27.7 Å². The summed E-state index contributed by atoms with van der Waals surface area (Å²) in [6.07, 6.45) is 2.20. The molecule has 7 N–H and O–H groups in total.